The van der Waals surface area contributed by atoms with E-state index in [9.17, 15) is 4.79 Å². The molecule has 1 saturated carbocycles. The number of aliphatic hydroxyl groups excluding tert-OH is 1. The third-order valence-electron chi connectivity index (χ3n) is 2.98. The van der Waals surface area contributed by atoms with E-state index in [4.69, 9.17) is 15.6 Å². The number of nitrogens with one attached hydrogen (secondary N) is 1. The first-order valence-corrected chi connectivity index (χ1v) is 5.53. The number of nitrogens with two attached hydrogens (primary N) is 1. The number of rotatable bonds is 3. The molecule has 1 amide bonds. The van der Waals surface area contributed by atoms with Crippen molar-refractivity contribution >= 4 is 11.6 Å². The fraction of sp³-hybridized carbons (Fsp3) is 0.417. The highest BCUT2D eigenvalue weighted by Crippen LogP contribution is 2.26. The minimum atomic E-state index is -0.289. The number of para-hydroxylation sites is 1. The largest absolute Gasteiger partial charge is 0.495 e. The van der Waals surface area contributed by atoms with Crippen LogP contribution in [0.2, 0.25) is 0 Å². The number of carbonyl (C=O) groups excluding carboxylic acids is 1. The van der Waals surface area contributed by atoms with E-state index in [2.05, 4.69) is 5.32 Å². The van der Waals surface area contributed by atoms with E-state index >= 15 is 0 Å². The second-order valence-electron chi connectivity index (χ2n) is 4.22. The molecule has 0 saturated heterocycles. The number of methoxy groups -OCH3 is 1. The lowest BCUT2D eigenvalue weighted by atomic mass is 9.89. The molecule has 1 aliphatic carbocycles. The highest BCUT2D eigenvalue weighted by Gasteiger charge is 2.29. The van der Waals surface area contributed by atoms with E-state index in [-0.39, 0.29) is 18.1 Å². The monoisotopic (exact) mass is 236 g/mol. The maximum Gasteiger partial charge on any atom is 0.253 e. The molecular formula is C12H16N2O3. The average molecular weight is 236 g/mol. The molecule has 0 atom stereocenters. The number of anilines is 1. The number of hydrogen-bond donors (Lipinski definition) is 3. The van der Waals surface area contributed by atoms with Crippen molar-refractivity contribution in [1.29, 1.82) is 0 Å². The van der Waals surface area contributed by atoms with Crippen LogP contribution >= 0.6 is 0 Å². The topological polar surface area (TPSA) is 84.6 Å². The molecule has 0 aromatic heterocycles. The van der Waals surface area contributed by atoms with Crippen molar-refractivity contribution in [3.63, 3.8) is 0 Å². The van der Waals surface area contributed by atoms with E-state index in [1.54, 1.807) is 18.2 Å². The first-order valence-electron chi connectivity index (χ1n) is 5.53. The van der Waals surface area contributed by atoms with Gasteiger partial charge in [-0.2, -0.15) is 0 Å². The third kappa shape index (κ3) is 2.34. The average Bonchev–Trinajstić information content (AvgIpc) is 2.27. The molecule has 0 aliphatic heterocycles. The quantitative estimate of drug-likeness (QED) is 0.668. The van der Waals surface area contributed by atoms with Crippen LogP contribution in [0.1, 0.15) is 23.2 Å². The van der Waals surface area contributed by atoms with Gasteiger partial charge in [-0.3, -0.25) is 4.79 Å². The van der Waals surface area contributed by atoms with Crippen molar-refractivity contribution in [1.82, 2.24) is 5.32 Å². The summed E-state index contributed by atoms with van der Waals surface area (Å²) in [5.74, 6) is 0.268. The Balaban J connectivity index is 2.08. The Labute approximate surface area is 99.6 Å². The number of carbonyl (C=O) groups is 1. The van der Waals surface area contributed by atoms with Crippen molar-refractivity contribution < 1.29 is 14.6 Å². The van der Waals surface area contributed by atoms with E-state index in [1.165, 1.54) is 7.11 Å². The molecule has 0 bridgehead atoms. The van der Waals surface area contributed by atoms with Crippen LogP contribution in [0.4, 0.5) is 5.69 Å². The zero-order valence-electron chi connectivity index (χ0n) is 9.64. The zero-order valence-corrected chi connectivity index (χ0v) is 9.64. The second-order valence-corrected chi connectivity index (χ2v) is 4.22. The summed E-state index contributed by atoms with van der Waals surface area (Å²) in [4.78, 5) is 11.9. The summed E-state index contributed by atoms with van der Waals surface area (Å²) in [6.07, 6.45) is 0.925. The van der Waals surface area contributed by atoms with E-state index in [0.29, 0.717) is 29.8 Å². The van der Waals surface area contributed by atoms with Crippen LogP contribution in [-0.2, 0) is 0 Å². The van der Waals surface area contributed by atoms with E-state index < -0.39 is 0 Å². The molecule has 92 valence electrons. The van der Waals surface area contributed by atoms with Gasteiger partial charge in [0.1, 0.15) is 5.75 Å². The predicted octanol–water partition coefficient (Wildman–Crippen LogP) is 0.530. The minimum Gasteiger partial charge on any atom is -0.495 e. The summed E-state index contributed by atoms with van der Waals surface area (Å²) < 4.78 is 5.05. The van der Waals surface area contributed by atoms with Gasteiger partial charge in [0.25, 0.3) is 5.91 Å². The number of nitrogen functional groups attached to an aromatic ring is 1. The van der Waals surface area contributed by atoms with Gasteiger partial charge in [0.05, 0.1) is 24.5 Å². The molecule has 4 N–H and O–H groups in total. The van der Waals surface area contributed by atoms with Gasteiger partial charge in [-0.15, -0.1) is 0 Å². The van der Waals surface area contributed by atoms with Crippen LogP contribution in [0.15, 0.2) is 18.2 Å². The van der Waals surface area contributed by atoms with Crippen molar-refractivity contribution in [2.45, 2.75) is 25.0 Å². The fourth-order valence-corrected chi connectivity index (χ4v) is 1.89. The van der Waals surface area contributed by atoms with E-state index in [0.717, 1.165) is 0 Å². The van der Waals surface area contributed by atoms with Crippen molar-refractivity contribution in [2.24, 2.45) is 0 Å². The third-order valence-corrected chi connectivity index (χ3v) is 2.98. The van der Waals surface area contributed by atoms with Gasteiger partial charge in [0, 0.05) is 6.04 Å². The maximum absolute atomic E-state index is 11.9. The van der Waals surface area contributed by atoms with Crippen LogP contribution in [0.3, 0.4) is 0 Å². The van der Waals surface area contributed by atoms with Gasteiger partial charge in [-0.05, 0) is 25.0 Å². The van der Waals surface area contributed by atoms with Crippen molar-refractivity contribution in [2.75, 3.05) is 12.8 Å². The Kier molecular flexibility index (Phi) is 3.19. The van der Waals surface area contributed by atoms with Crippen molar-refractivity contribution in [3.8, 4) is 5.75 Å². The zero-order chi connectivity index (χ0) is 12.4. The molecule has 1 fully saturated rings. The second kappa shape index (κ2) is 4.63. The highest BCUT2D eigenvalue weighted by molar-refractivity contribution is 6.00. The number of amides is 1. The van der Waals surface area contributed by atoms with Gasteiger partial charge in [-0.1, -0.05) is 6.07 Å². The SMILES string of the molecule is COc1cccc(C(=O)NC2CC(O)C2)c1N. The van der Waals surface area contributed by atoms with Crippen LogP contribution < -0.4 is 15.8 Å². The number of benzene rings is 1. The van der Waals surface area contributed by atoms with Crippen LogP contribution in [-0.4, -0.2) is 30.3 Å². The standard InChI is InChI=1S/C12H16N2O3/c1-17-10-4-2-3-9(11(10)13)12(16)14-7-5-8(15)6-7/h2-4,7-8,15H,5-6,13H2,1H3,(H,14,16). The summed E-state index contributed by atoms with van der Waals surface area (Å²) >= 11 is 0. The number of aliphatic hydroxyl groups is 1. The van der Waals surface area contributed by atoms with Gasteiger partial charge in [0.15, 0.2) is 0 Å². The Morgan fingerprint density at radius 1 is 1.53 bits per heavy atom. The molecule has 0 radical (unpaired) electrons. The molecule has 1 aliphatic rings. The summed E-state index contributed by atoms with van der Waals surface area (Å²) in [5.41, 5.74) is 6.57. The molecule has 0 spiro atoms. The molecule has 17 heavy (non-hydrogen) atoms. The van der Waals surface area contributed by atoms with Gasteiger partial charge >= 0.3 is 0 Å². The minimum absolute atomic E-state index is 0.0445. The number of ether oxygens (including phenoxy) is 1. The van der Waals surface area contributed by atoms with Crippen LogP contribution in [0.25, 0.3) is 0 Å². The molecule has 5 nitrogen and oxygen atoms in total. The molecule has 5 heteroatoms. The highest BCUT2D eigenvalue weighted by atomic mass is 16.5. The lowest BCUT2D eigenvalue weighted by Gasteiger charge is -2.32. The summed E-state index contributed by atoms with van der Waals surface area (Å²) in [5, 5.41) is 12.0. The Morgan fingerprint density at radius 2 is 2.24 bits per heavy atom. The van der Waals surface area contributed by atoms with Gasteiger partial charge in [-0.25, -0.2) is 0 Å². The summed E-state index contributed by atoms with van der Waals surface area (Å²) in [7, 11) is 1.51. The van der Waals surface area contributed by atoms with Crippen molar-refractivity contribution in [3.05, 3.63) is 23.8 Å². The first kappa shape index (κ1) is 11.7. The van der Waals surface area contributed by atoms with Crippen LogP contribution in [0, 0.1) is 0 Å². The molecule has 1 aromatic rings. The molecule has 1 aromatic carbocycles. The molecular weight excluding hydrogens is 220 g/mol. The lowest BCUT2D eigenvalue weighted by molar-refractivity contribution is 0.0563. The lowest BCUT2D eigenvalue weighted by Crippen LogP contribution is -2.46. The van der Waals surface area contributed by atoms with Gasteiger partial charge < -0.3 is 20.9 Å². The van der Waals surface area contributed by atoms with E-state index in [1.807, 2.05) is 0 Å². The normalized spacial score (nSPS) is 22.7. The smallest absolute Gasteiger partial charge is 0.253 e. The Morgan fingerprint density at radius 3 is 2.82 bits per heavy atom. The fourth-order valence-electron chi connectivity index (χ4n) is 1.89. The maximum atomic E-state index is 11.9. The van der Waals surface area contributed by atoms with Crippen LogP contribution in [0.5, 0.6) is 5.75 Å². The summed E-state index contributed by atoms with van der Waals surface area (Å²) in [6.45, 7) is 0. The first-order chi connectivity index (χ1) is 8.11. The number of hydrogen-bond acceptors (Lipinski definition) is 4. The molecule has 2 rings (SSSR count). The van der Waals surface area contributed by atoms with Gasteiger partial charge in [0.2, 0.25) is 0 Å². The predicted molar refractivity (Wildman–Crippen MR) is 63.9 cm³/mol. The molecule has 0 heterocycles. The Hall–Kier alpha value is -1.75. The summed E-state index contributed by atoms with van der Waals surface area (Å²) in [6, 6.07) is 5.13. The Bertz CT molecular complexity index is 428. The molecule has 0 unspecified atom stereocenters.